The van der Waals surface area contributed by atoms with E-state index >= 15 is 0 Å². The van der Waals surface area contributed by atoms with Crippen molar-refractivity contribution in [2.24, 2.45) is 10.2 Å². The molecule has 0 unspecified atom stereocenters. The Morgan fingerprint density at radius 1 is 1.05 bits per heavy atom. The van der Waals surface area contributed by atoms with Gasteiger partial charge < -0.3 is 10.6 Å². The minimum absolute atomic E-state index is 0.0611. The van der Waals surface area contributed by atoms with Crippen LogP contribution < -0.4 is 10.6 Å². The van der Waals surface area contributed by atoms with E-state index in [9.17, 15) is 14.4 Å². The maximum atomic E-state index is 11.9. The summed E-state index contributed by atoms with van der Waals surface area (Å²) in [5.41, 5.74) is 0.281. The fraction of sp³-hybridized carbons (Fsp3) is 0.0833. The van der Waals surface area contributed by atoms with Gasteiger partial charge in [0.25, 0.3) is 5.91 Å². The van der Waals surface area contributed by atoms with Crippen LogP contribution in [0.25, 0.3) is 0 Å². The van der Waals surface area contributed by atoms with Crippen LogP contribution in [0.4, 0.5) is 0 Å². The molecule has 1 heterocycles. The molecule has 96 valence electrons. The Morgan fingerprint density at radius 2 is 1.74 bits per heavy atom. The van der Waals surface area contributed by atoms with Gasteiger partial charge in [-0.1, -0.05) is 18.2 Å². The van der Waals surface area contributed by atoms with Crippen LogP contribution >= 0.6 is 0 Å². The molecule has 0 fully saturated rings. The van der Waals surface area contributed by atoms with Gasteiger partial charge in [0.15, 0.2) is 11.5 Å². The molecule has 0 atom stereocenters. The second kappa shape index (κ2) is 5.21. The summed E-state index contributed by atoms with van der Waals surface area (Å²) in [6.45, 7) is 1.25. The van der Waals surface area contributed by atoms with Crippen molar-refractivity contribution >= 4 is 17.7 Å². The summed E-state index contributed by atoms with van der Waals surface area (Å²) in [5.74, 6) is -1.64. The minimum atomic E-state index is -0.696. The summed E-state index contributed by atoms with van der Waals surface area (Å²) in [7, 11) is 0. The standard InChI is InChI=1S/C12H10N4O3/c1-7(17)13-9-10(15-16-12(9)19)14-11(18)8-5-3-2-4-6-8/h2-6H,1H3,(H2,13,14,15,16,17,18,19). The van der Waals surface area contributed by atoms with Crippen molar-refractivity contribution in [1.82, 2.24) is 10.6 Å². The average Bonchev–Trinajstić information content (AvgIpc) is 2.72. The first kappa shape index (κ1) is 12.6. The number of nitrogens with zero attached hydrogens (tertiary/aromatic N) is 2. The molecule has 7 heteroatoms. The number of hydrogen-bond donors (Lipinski definition) is 2. The van der Waals surface area contributed by atoms with Gasteiger partial charge in [0.2, 0.25) is 5.91 Å². The van der Waals surface area contributed by atoms with E-state index in [0.717, 1.165) is 0 Å². The van der Waals surface area contributed by atoms with Crippen LogP contribution in [-0.4, -0.2) is 17.7 Å². The molecule has 1 aliphatic heterocycles. The van der Waals surface area contributed by atoms with Crippen molar-refractivity contribution in [3.05, 3.63) is 47.4 Å². The highest BCUT2D eigenvalue weighted by Gasteiger charge is 2.24. The summed E-state index contributed by atoms with van der Waals surface area (Å²) < 4.78 is 0. The lowest BCUT2D eigenvalue weighted by Gasteiger charge is -2.05. The van der Waals surface area contributed by atoms with Crippen LogP contribution in [-0.2, 0) is 9.59 Å². The molecule has 7 nitrogen and oxygen atoms in total. The molecular weight excluding hydrogens is 248 g/mol. The predicted octanol–water partition coefficient (Wildman–Crippen LogP) is 0.714. The van der Waals surface area contributed by atoms with Crippen LogP contribution in [0.15, 0.2) is 52.1 Å². The smallest absolute Gasteiger partial charge is 0.315 e. The molecule has 2 rings (SSSR count). The van der Waals surface area contributed by atoms with E-state index in [4.69, 9.17) is 0 Å². The number of amides is 3. The molecule has 0 radical (unpaired) electrons. The van der Waals surface area contributed by atoms with E-state index in [2.05, 4.69) is 20.9 Å². The van der Waals surface area contributed by atoms with Crippen molar-refractivity contribution in [2.45, 2.75) is 6.92 Å². The first-order valence-electron chi connectivity index (χ1n) is 5.42. The van der Waals surface area contributed by atoms with Crippen molar-refractivity contribution in [3.63, 3.8) is 0 Å². The normalized spacial score (nSPS) is 13.6. The fourth-order valence-corrected chi connectivity index (χ4v) is 1.44. The van der Waals surface area contributed by atoms with Gasteiger partial charge in [-0.3, -0.25) is 14.4 Å². The molecule has 0 bridgehead atoms. The van der Waals surface area contributed by atoms with Gasteiger partial charge in [-0.05, 0) is 12.1 Å². The summed E-state index contributed by atoms with van der Waals surface area (Å²) >= 11 is 0. The third-order valence-electron chi connectivity index (χ3n) is 2.26. The van der Waals surface area contributed by atoms with Gasteiger partial charge >= 0.3 is 5.91 Å². The Labute approximate surface area is 108 Å². The van der Waals surface area contributed by atoms with E-state index in [-0.39, 0.29) is 11.5 Å². The number of hydrogen-bond acceptors (Lipinski definition) is 4. The van der Waals surface area contributed by atoms with Crippen LogP contribution in [0.2, 0.25) is 0 Å². The summed E-state index contributed by atoms with van der Waals surface area (Å²) in [6, 6.07) is 8.42. The van der Waals surface area contributed by atoms with Crippen molar-refractivity contribution in [2.75, 3.05) is 0 Å². The van der Waals surface area contributed by atoms with E-state index in [0.29, 0.717) is 5.56 Å². The molecule has 2 N–H and O–H groups in total. The zero-order chi connectivity index (χ0) is 13.8. The molecule has 1 aromatic rings. The van der Waals surface area contributed by atoms with Gasteiger partial charge in [-0.25, -0.2) is 0 Å². The van der Waals surface area contributed by atoms with E-state index < -0.39 is 17.7 Å². The summed E-state index contributed by atoms with van der Waals surface area (Å²) in [4.78, 5) is 34.2. The second-order valence-electron chi connectivity index (χ2n) is 3.73. The SMILES string of the molecule is CC(=O)NC1=C(NC(=O)c2ccccc2)N=NC1=O. The lowest BCUT2D eigenvalue weighted by Crippen LogP contribution is -2.29. The molecule has 0 aliphatic carbocycles. The van der Waals surface area contributed by atoms with Crippen LogP contribution in [0.3, 0.4) is 0 Å². The van der Waals surface area contributed by atoms with E-state index in [1.807, 2.05) is 0 Å². The molecule has 0 aromatic heterocycles. The Bertz CT molecular complexity index is 605. The van der Waals surface area contributed by atoms with Gasteiger partial charge in [-0.15, -0.1) is 10.2 Å². The van der Waals surface area contributed by atoms with Crippen LogP contribution in [0.1, 0.15) is 17.3 Å². The van der Waals surface area contributed by atoms with E-state index in [1.54, 1.807) is 30.3 Å². The number of azo groups is 1. The van der Waals surface area contributed by atoms with Gasteiger partial charge in [0.1, 0.15) is 0 Å². The molecule has 0 saturated heterocycles. The Hall–Kier alpha value is -2.83. The fourth-order valence-electron chi connectivity index (χ4n) is 1.44. The monoisotopic (exact) mass is 258 g/mol. The van der Waals surface area contributed by atoms with Crippen molar-refractivity contribution in [3.8, 4) is 0 Å². The Balaban J connectivity index is 2.19. The maximum absolute atomic E-state index is 11.9. The zero-order valence-electron chi connectivity index (χ0n) is 10.0. The number of carbonyl (C=O) groups excluding carboxylic acids is 3. The average molecular weight is 258 g/mol. The third-order valence-corrected chi connectivity index (χ3v) is 2.26. The second-order valence-corrected chi connectivity index (χ2v) is 3.73. The number of rotatable bonds is 3. The van der Waals surface area contributed by atoms with Gasteiger partial charge in [0, 0.05) is 12.5 Å². The minimum Gasteiger partial charge on any atom is -0.318 e. The van der Waals surface area contributed by atoms with Crippen LogP contribution in [0, 0.1) is 0 Å². The Morgan fingerprint density at radius 3 is 2.37 bits per heavy atom. The third kappa shape index (κ3) is 2.89. The van der Waals surface area contributed by atoms with E-state index in [1.165, 1.54) is 6.92 Å². The number of benzene rings is 1. The highest BCUT2D eigenvalue weighted by molar-refractivity contribution is 6.01. The number of nitrogens with one attached hydrogen (secondary N) is 2. The molecular formula is C12H10N4O3. The molecule has 19 heavy (non-hydrogen) atoms. The highest BCUT2D eigenvalue weighted by atomic mass is 16.2. The first-order chi connectivity index (χ1) is 9.08. The number of carbonyl (C=O) groups is 3. The highest BCUT2D eigenvalue weighted by Crippen LogP contribution is 2.12. The maximum Gasteiger partial charge on any atom is 0.315 e. The van der Waals surface area contributed by atoms with Gasteiger partial charge in [0.05, 0.1) is 0 Å². The quantitative estimate of drug-likeness (QED) is 0.835. The molecule has 1 aromatic carbocycles. The predicted molar refractivity (Wildman–Crippen MR) is 64.6 cm³/mol. The summed E-state index contributed by atoms with van der Waals surface area (Å²) in [5, 5.41) is 11.5. The van der Waals surface area contributed by atoms with Crippen LogP contribution in [0.5, 0.6) is 0 Å². The summed E-state index contributed by atoms with van der Waals surface area (Å²) in [6.07, 6.45) is 0. The Kier molecular flexibility index (Phi) is 3.46. The molecule has 0 saturated carbocycles. The van der Waals surface area contributed by atoms with Crippen molar-refractivity contribution in [1.29, 1.82) is 0 Å². The van der Waals surface area contributed by atoms with Gasteiger partial charge in [-0.2, -0.15) is 0 Å². The molecule has 3 amide bonds. The topological polar surface area (TPSA) is 100.0 Å². The first-order valence-corrected chi connectivity index (χ1v) is 5.42. The largest absolute Gasteiger partial charge is 0.318 e. The lowest BCUT2D eigenvalue weighted by molar-refractivity contribution is -0.121. The molecule has 1 aliphatic rings. The van der Waals surface area contributed by atoms with Crippen molar-refractivity contribution < 1.29 is 14.4 Å². The molecule has 0 spiro atoms. The lowest BCUT2D eigenvalue weighted by atomic mass is 10.2. The zero-order valence-corrected chi connectivity index (χ0v) is 10.0.